The standard InChI is InChI=1S/C18H18FNO/c1-3-17-16(15-6-4-5-7-18(15)21-17)11-20-14-9-12(2)8-13(19)10-14/h4-10,20H,3,11H2,1-2H3. The van der Waals surface area contributed by atoms with Gasteiger partial charge in [0.05, 0.1) is 0 Å². The van der Waals surface area contributed by atoms with E-state index in [1.54, 1.807) is 0 Å². The van der Waals surface area contributed by atoms with Crippen LogP contribution in [0.3, 0.4) is 0 Å². The molecule has 108 valence electrons. The first-order valence-electron chi connectivity index (χ1n) is 7.17. The summed E-state index contributed by atoms with van der Waals surface area (Å²) in [6.45, 7) is 4.59. The highest BCUT2D eigenvalue weighted by Crippen LogP contribution is 2.27. The smallest absolute Gasteiger partial charge is 0.134 e. The summed E-state index contributed by atoms with van der Waals surface area (Å²) < 4.78 is 19.3. The first-order valence-corrected chi connectivity index (χ1v) is 7.17. The Morgan fingerprint density at radius 3 is 2.71 bits per heavy atom. The second-order valence-corrected chi connectivity index (χ2v) is 5.22. The molecule has 2 nitrogen and oxygen atoms in total. The molecule has 0 aliphatic rings. The number of benzene rings is 2. The van der Waals surface area contributed by atoms with Gasteiger partial charge < -0.3 is 9.73 Å². The van der Waals surface area contributed by atoms with Gasteiger partial charge in [-0.3, -0.25) is 0 Å². The molecule has 0 amide bonds. The third-order valence-corrected chi connectivity index (χ3v) is 3.61. The van der Waals surface area contributed by atoms with Crippen LogP contribution in [0.1, 0.15) is 23.8 Å². The van der Waals surface area contributed by atoms with Gasteiger partial charge in [-0.15, -0.1) is 0 Å². The molecule has 0 saturated heterocycles. The van der Waals surface area contributed by atoms with Gasteiger partial charge in [0.2, 0.25) is 0 Å². The van der Waals surface area contributed by atoms with Gasteiger partial charge in [-0.1, -0.05) is 25.1 Å². The summed E-state index contributed by atoms with van der Waals surface area (Å²) in [5.74, 6) is 0.766. The average molecular weight is 283 g/mol. The van der Waals surface area contributed by atoms with E-state index >= 15 is 0 Å². The summed E-state index contributed by atoms with van der Waals surface area (Å²) in [5, 5.41) is 4.42. The van der Waals surface area contributed by atoms with Crippen molar-refractivity contribution in [3.05, 3.63) is 65.2 Å². The van der Waals surface area contributed by atoms with Gasteiger partial charge in [-0.05, 0) is 36.8 Å². The molecule has 0 bridgehead atoms. The van der Waals surface area contributed by atoms with E-state index in [1.165, 1.54) is 12.1 Å². The van der Waals surface area contributed by atoms with Gasteiger partial charge in [-0.2, -0.15) is 0 Å². The fourth-order valence-corrected chi connectivity index (χ4v) is 2.66. The number of furan rings is 1. The lowest BCUT2D eigenvalue weighted by Gasteiger charge is -2.08. The van der Waals surface area contributed by atoms with Gasteiger partial charge in [0, 0.05) is 29.6 Å². The van der Waals surface area contributed by atoms with Crippen LogP contribution in [0.5, 0.6) is 0 Å². The molecule has 3 rings (SSSR count). The van der Waals surface area contributed by atoms with Crippen molar-refractivity contribution in [2.45, 2.75) is 26.8 Å². The van der Waals surface area contributed by atoms with E-state index < -0.39 is 0 Å². The lowest BCUT2D eigenvalue weighted by molar-refractivity contribution is 0.551. The Labute approximate surface area is 123 Å². The van der Waals surface area contributed by atoms with Crippen molar-refractivity contribution in [1.29, 1.82) is 0 Å². The van der Waals surface area contributed by atoms with Crippen LogP contribution >= 0.6 is 0 Å². The molecule has 3 heteroatoms. The van der Waals surface area contributed by atoms with Crippen molar-refractivity contribution >= 4 is 16.7 Å². The summed E-state index contributed by atoms with van der Waals surface area (Å²) in [7, 11) is 0. The summed E-state index contributed by atoms with van der Waals surface area (Å²) in [6.07, 6.45) is 0.841. The largest absolute Gasteiger partial charge is 0.461 e. The minimum Gasteiger partial charge on any atom is -0.461 e. The monoisotopic (exact) mass is 283 g/mol. The Bertz CT molecular complexity index is 756. The predicted octanol–water partition coefficient (Wildman–Crippen LogP) is 5.05. The lowest BCUT2D eigenvalue weighted by Crippen LogP contribution is -2.01. The molecule has 0 unspecified atom stereocenters. The number of hydrogen-bond acceptors (Lipinski definition) is 2. The minimum absolute atomic E-state index is 0.217. The molecule has 1 aromatic heterocycles. The Morgan fingerprint density at radius 2 is 1.95 bits per heavy atom. The number of hydrogen-bond donors (Lipinski definition) is 1. The van der Waals surface area contributed by atoms with Crippen LogP contribution < -0.4 is 5.32 Å². The molecule has 0 spiro atoms. The van der Waals surface area contributed by atoms with E-state index in [0.29, 0.717) is 6.54 Å². The van der Waals surface area contributed by atoms with Crippen LogP contribution in [0, 0.1) is 12.7 Å². The van der Waals surface area contributed by atoms with Crippen LogP contribution in [-0.4, -0.2) is 0 Å². The quantitative estimate of drug-likeness (QED) is 0.724. The second-order valence-electron chi connectivity index (χ2n) is 5.22. The van der Waals surface area contributed by atoms with E-state index in [-0.39, 0.29) is 5.82 Å². The molecular weight excluding hydrogens is 265 g/mol. The molecule has 0 fully saturated rings. The van der Waals surface area contributed by atoms with Gasteiger partial charge in [0.1, 0.15) is 17.2 Å². The second kappa shape index (κ2) is 5.60. The van der Waals surface area contributed by atoms with Crippen molar-refractivity contribution in [2.24, 2.45) is 0 Å². The molecule has 21 heavy (non-hydrogen) atoms. The maximum Gasteiger partial charge on any atom is 0.134 e. The highest BCUT2D eigenvalue weighted by Gasteiger charge is 2.12. The van der Waals surface area contributed by atoms with Crippen molar-refractivity contribution < 1.29 is 8.81 Å². The molecule has 0 saturated carbocycles. The van der Waals surface area contributed by atoms with Gasteiger partial charge >= 0.3 is 0 Å². The zero-order valence-corrected chi connectivity index (χ0v) is 12.2. The Kier molecular flexibility index (Phi) is 3.65. The number of rotatable bonds is 4. The fraction of sp³-hybridized carbons (Fsp3) is 0.222. The normalized spacial score (nSPS) is 11.0. The zero-order chi connectivity index (χ0) is 14.8. The van der Waals surface area contributed by atoms with Crippen molar-refractivity contribution in [2.75, 3.05) is 5.32 Å². The van der Waals surface area contributed by atoms with Gasteiger partial charge in [0.15, 0.2) is 0 Å². The topological polar surface area (TPSA) is 25.2 Å². The number of anilines is 1. The molecule has 1 N–H and O–H groups in total. The Morgan fingerprint density at radius 1 is 1.14 bits per heavy atom. The first-order chi connectivity index (χ1) is 10.2. The van der Waals surface area contributed by atoms with E-state index in [4.69, 9.17) is 4.42 Å². The molecule has 3 aromatic rings. The molecule has 0 aliphatic heterocycles. The number of aryl methyl sites for hydroxylation is 2. The van der Waals surface area contributed by atoms with E-state index in [2.05, 4.69) is 18.3 Å². The highest BCUT2D eigenvalue weighted by atomic mass is 19.1. The third-order valence-electron chi connectivity index (χ3n) is 3.61. The van der Waals surface area contributed by atoms with Crippen LogP contribution in [0.4, 0.5) is 10.1 Å². The number of halogens is 1. The van der Waals surface area contributed by atoms with Gasteiger partial charge in [0.25, 0.3) is 0 Å². The molecule has 2 aromatic carbocycles. The maximum atomic E-state index is 13.4. The lowest BCUT2D eigenvalue weighted by atomic mass is 10.1. The molecular formula is C18H18FNO. The summed E-state index contributed by atoms with van der Waals surface area (Å²) in [6, 6.07) is 13.0. The number of fused-ring (bicyclic) bond motifs is 1. The van der Waals surface area contributed by atoms with Crippen molar-refractivity contribution in [3.63, 3.8) is 0 Å². The van der Waals surface area contributed by atoms with Crippen LogP contribution in [0.2, 0.25) is 0 Å². The predicted molar refractivity (Wildman–Crippen MR) is 84.1 cm³/mol. The SMILES string of the molecule is CCc1oc2ccccc2c1CNc1cc(C)cc(F)c1. The average Bonchev–Trinajstić information content (AvgIpc) is 2.82. The summed E-state index contributed by atoms with van der Waals surface area (Å²) in [4.78, 5) is 0. The Hall–Kier alpha value is -2.29. The van der Waals surface area contributed by atoms with E-state index in [0.717, 1.165) is 40.0 Å². The molecule has 0 atom stereocenters. The van der Waals surface area contributed by atoms with Crippen molar-refractivity contribution in [3.8, 4) is 0 Å². The number of para-hydroxylation sites is 1. The van der Waals surface area contributed by atoms with Crippen molar-refractivity contribution in [1.82, 2.24) is 0 Å². The summed E-state index contributed by atoms with van der Waals surface area (Å²) >= 11 is 0. The summed E-state index contributed by atoms with van der Waals surface area (Å²) in [5.41, 5.74) is 3.75. The van der Waals surface area contributed by atoms with Crippen LogP contribution in [0.25, 0.3) is 11.0 Å². The van der Waals surface area contributed by atoms with Crippen LogP contribution in [0.15, 0.2) is 46.9 Å². The van der Waals surface area contributed by atoms with E-state index in [1.807, 2.05) is 31.2 Å². The molecule has 1 heterocycles. The number of nitrogens with one attached hydrogen (secondary N) is 1. The fourth-order valence-electron chi connectivity index (χ4n) is 2.66. The maximum absolute atomic E-state index is 13.4. The van der Waals surface area contributed by atoms with E-state index in [9.17, 15) is 4.39 Å². The van der Waals surface area contributed by atoms with Gasteiger partial charge in [-0.25, -0.2) is 4.39 Å². The van der Waals surface area contributed by atoms with Crippen LogP contribution in [-0.2, 0) is 13.0 Å². The molecule has 0 aliphatic carbocycles. The first kappa shape index (κ1) is 13.7. The highest BCUT2D eigenvalue weighted by molar-refractivity contribution is 5.82. The minimum atomic E-state index is -0.217. The molecule has 0 radical (unpaired) electrons. The Balaban J connectivity index is 1.90. The third kappa shape index (κ3) is 2.77. The zero-order valence-electron chi connectivity index (χ0n) is 12.2.